The summed E-state index contributed by atoms with van der Waals surface area (Å²) in [5.41, 5.74) is 0. The van der Waals surface area contributed by atoms with Crippen LogP contribution in [-0.2, 0) is 10.0 Å². The maximum atomic E-state index is 12.3. The summed E-state index contributed by atoms with van der Waals surface area (Å²) in [6.07, 6.45) is 3.99. The van der Waals surface area contributed by atoms with Crippen molar-refractivity contribution in [1.29, 1.82) is 0 Å². The Morgan fingerprint density at radius 3 is 2.47 bits per heavy atom. The third-order valence-corrected chi connectivity index (χ3v) is 6.51. The summed E-state index contributed by atoms with van der Waals surface area (Å²) in [6, 6.07) is 4.25. The third kappa shape index (κ3) is 3.85. The van der Waals surface area contributed by atoms with Gasteiger partial charge in [0.15, 0.2) is 0 Å². The lowest BCUT2D eigenvalue weighted by Crippen LogP contribution is -2.42. The number of sulfonamides is 1. The van der Waals surface area contributed by atoms with E-state index in [4.69, 9.17) is 23.2 Å². The summed E-state index contributed by atoms with van der Waals surface area (Å²) in [5.74, 6) is 0. The molecule has 2 rings (SSSR count). The van der Waals surface area contributed by atoms with Crippen molar-refractivity contribution in [2.75, 3.05) is 0 Å². The predicted molar refractivity (Wildman–Crippen MR) is 81.8 cm³/mol. The highest BCUT2D eigenvalue weighted by molar-refractivity contribution is 9.09. The van der Waals surface area contributed by atoms with Crippen molar-refractivity contribution in [3.05, 3.63) is 28.2 Å². The van der Waals surface area contributed by atoms with Gasteiger partial charge in [-0.3, -0.25) is 0 Å². The van der Waals surface area contributed by atoms with E-state index in [1.165, 1.54) is 18.2 Å². The van der Waals surface area contributed by atoms with Crippen LogP contribution in [0.4, 0.5) is 0 Å². The van der Waals surface area contributed by atoms with Gasteiger partial charge in [-0.2, -0.15) is 0 Å². The number of rotatable bonds is 3. The first-order valence-corrected chi connectivity index (χ1v) is 9.17. The van der Waals surface area contributed by atoms with Crippen molar-refractivity contribution < 1.29 is 8.42 Å². The maximum absolute atomic E-state index is 12.3. The lowest BCUT2D eigenvalue weighted by Gasteiger charge is -2.27. The fraction of sp³-hybridized carbons (Fsp3) is 0.500. The van der Waals surface area contributed by atoms with Crippen LogP contribution in [0.3, 0.4) is 0 Å². The molecule has 1 aliphatic carbocycles. The molecule has 1 aromatic carbocycles. The van der Waals surface area contributed by atoms with Gasteiger partial charge in [-0.15, -0.1) is 0 Å². The molecule has 0 amide bonds. The first-order chi connectivity index (χ1) is 8.90. The second-order valence-electron chi connectivity index (χ2n) is 4.60. The summed E-state index contributed by atoms with van der Waals surface area (Å²) in [6.45, 7) is 0. The Hall–Kier alpha value is 0.190. The van der Waals surface area contributed by atoms with Crippen molar-refractivity contribution in [1.82, 2.24) is 4.72 Å². The van der Waals surface area contributed by atoms with Crippen LogP contribution in [0.25, 0.3) is 0 Å². The molecule has 0 aliphatic heterocycles. The highest BCUT2D eigenvalue weighted by Gasteiger charge is 2.28. The first kappa shape index (κ1) is 15.6. The van der Waals surface area contributed by atoms with E-state index in [1.807, 2.05) is 0 Å². The molecular formula is C12H14BrCl2NO2S. The number of hydrogen-bond donors (Lipinski definition) is 1. The molecule has 1 fully saturated rings. The van der Waals surface area contributed by atoms with Gasteiger partial charge < -0.3 is 0 Å². The van der Waals surface area contributed by atoms with Crippen molar-refractivity contribution in [3.8, 4) is 0 Å². The van der Waals surface area contributed by atoms with Gasteiger partial charge in [-0.05, 0) is 31.0 Å². The van der Waals surface area contributed by atoms with Gasteiger partial charge >= 0.3 is 0 Å². The Morgan fingerprint density at radius 1 is 1.16 bits per heavy atom. The Balaban J connectivity index is 2.19. The van der Waals surface area contributed by atoms with Crippen molar-refractivity contribution in [2.24, 2.45) is 0 Å². The summed E-state index contributed by atoms with van der Waals surface area (Å²) < 4.78 is 27.3. The topological polar surface area (TPSA) is 46.2 Å². The van der Waals surface area contributed by atoms with Crippen LogP contribution >= 0.6 is 39.1 Å². The number of benzene rings is 1. The van der Waals surface area contributed by atoms with Gasteiger partial charge in [0.25, 0.3) is 0 Å². The van der Waals surface area contributed by atoms with E-state index in [-0.39, 0.29) is 20.8 Å². The Bertz CT molecular complexity index is 565. The molecule has 0 heterocycles. The van der Waals surface area contributed by atoms with Crippen molar-refractivity contribution in [3.63, 3.8) is 0 Å². The minimum Gasteiger partial charge on any atom is -0.207 e. The van der Waals surface area contributed by atoms with Gasteiger partial charge in [-0.1, -0.05) is 52.0 Å². The molecule has 106 valence electrons. The highest BCUT2D eigenvalue weighted by Crippen LogP contribution is 2.28. The quantitative estimate of drug-likeness (QED) is 0.798. The molecule has 0 spiro atoms. The van der Waals surface area contributed by atoms with Crippen LogP contribution in [-0.4, -0.2) is 19.3 Å². The van der Waals surface area contributed by atoms with Crippen LogP contribution < -0.4 is 4.72 Å². The first-order valence-electron chi connectivity index (χ1n) is 6.01. The molecule has 7 heteroatoms. The van der Waals surface area contributed by atoms with E-state index in [9.17, 15) is 8.42 Å². The molecule has 2 unspecified atom stereocenters. The lowest BCUT2D eigenvalue weighted by molar-refractivity contribution is 0.427. The average Bonchev–Trinajstić information content (AvgIpc) is 2.35. The number of nitrogens with one attached hydrogen (secondary N) is 1. The molecule has 0 radical (unpaired) electrons. The van der Waals surface area contributed by atoms with E-state index >= 15 is 0 Å². The molecule has 2 atom stereocenters. The number of hydrogen-bond acceptors (Lipinski definition) is 2. The summed E-state index contributed by atoms with van der Waals surface area (Å²) in [5, 5.41) is 0.584. The van der Waals surface area contributed by atoms with E-state index < -0.39 is 10.0 Å². The maximum Gasteiger partial charge on any atom is 0.240 e. The number of alkyl halides is 1. The zero-order chi connectivity index (χ0) is 14.0. The predicted octanol–water partition coefficient (Wildman–Crippen LogP) is 3.98. The van der Waals surface area contributed by atoms with Gasteiger partial charge in [-0.25, -0.2) is 13.1 Å². The van der Waals surface area contributed by atoms with Crippen LogP contribution in [0.2, 0.25) is 10.0 Å². The smallest absolute Gasteiger partial charge is 0.207 e. The normalized spacial score (nSPS) is 24.4. The summed E-state index contributed by atoms with van der Waals surface area (Å²) in [4.78, 5) is 0.325. The fourth-order valence-electron chi connectivity index (χ4n) is 2.13. The summed E-state index contributed by atoms with van der Waals surface area (Å²) >= 11 is 15.2. The standard InChI is InChI=1S/C12H14BrCl2NO2S/c13-9-3-1-2-4-12(9)16-19(17,18)8-5-6-10(14)11(15)7-8/h5-7,9,12,16H,1-4H2. The molecule has 0 aromatic heterocycles. The van der Waals surface area contributed by atoms with Gasteiger partial charge in [0.2, 0.25) is 10.0 Å². The summed E-state index contributed by atoms with van der Waals surface area (Å²) in [7, 11) is -3.56. The largest absolute Gasteiger partial charge is 0.240 e. The Morgan fingerprint density at radius 2 is 1.84 bits per heavy atom. The zero-order valence-electron chi connectivity index (χ0n) is 10.1. The minimum absolute atomic E-state index is 0.0757. The molecule has 0 bridgehead atoms. The highest BCUT2D eigenvalue weighted by atomic mass is 79.9. The molecule has 1 aliphatic rings. The van der Waals surface area contributed by atoms with Gasteiger partial charge in [0, 0.05) is 10.9 Å². The minimum atomic E-state index is -3.56. The molecule has 3 nitrogen and oxygen atoms in total. The van der Waals surface area contributed by atoms with Gasteiger partial charge in [0.05, 0.1) is 14.9 Å². The third-order valence-electron chi connectivity index (χ3n) is 3.19. The van der Waals surface area contributed by atoms with Gasteiger partial charge in [0.1, 0.15) is 0 Å². The average molecular weight is 387 g/mol. The van der Waals surface area contributed by atoms with Crippen LogP contribution in [0.15, 0.2) is 23.1 Å². The van der Waals surface area contributed by atoms with Crippen LogP contribution in [0, 0.1) is 0 Å². The van der Waals surface area contributed by atoms with Crippen LogP contribution in [0.5, 0.6) is 0 Å². The Labute approximate surface area is 131 Å². The van der Waals surface area contributed by atoms with Crippen molar-refractivity contribution >= 4 is 49.2 Å². The lowest BCUT2D eigenvalue weighted by atomic mass is 9.96. The van der Waals surface area contributed by atoms with E-state index in [0.29, 0.717) is 5.02 Å². The van der Waals surface area contributed by atoms with E-state index in [2.05, 4.69) is 20.7 Å². The van der Waals surface area contributed by atoms with E-state index in [0.717, 1.165) is 25.7 Å². The molecule has 1 saturated carbocycles. The fourth-order valence-corrected chi connectivity index (χ4v) is 4.72. The monoisotopic (exact) mass is 385 g/mol. The Kier molecular flexibility index (Phi) is 5.17. The molecular weight excluding hydrogens is 373 g/mol. The second-order valence-corrected chi connectivity index (χ2v) is 8.31. The zero-order valence-corrected chi connectivity index (χ0v) is 14.0. The molecule has 0 saturated heterocycles. The second kappa shape index (κ2) is 6.31. The van der Waals surface area contributed by atoms with E-state index in [1.54, 1.807) is 0 Å². The molecule has 1 N–H and O–H groups in total. The molecule has 1 aromatic rings. The SMILES string of the molecule is O=S(=O)(NC1CCCCC1Br)c1ccc(Cl)c(Cl)c1. The molecule has 19 heavy (non-hydrogen) atoms. The number of halogens is 3. The van der Waals surface area contributed by atoms with Crippen LogP contribution in [0.1, 0.15) is 25.7 Å². The van der Waals surface area contributed by atoms with Crippen molar-refractivity contribution in [2.45, 2.75) is 41.4 Å².